The van der Waals surface area contributed by atoms with Crippen molar-refractivity contribution >= 4 is 51.2 Å². The van der Waals surface area contributed by atoms with Crippen molar-refractivity contribution in [1.82, 2.24) is 0 Å². The molecule has 0 radical (unpaired) electrons. The lowest BCUT2D eigenvalue weighted by Crippen LogP contribution is -2.09. The van der Waals surface area contributed by atoms with Crippen LogP contribution < -0.4 is 14.7 Å². The zero-order valence-electron chi connectivity index (χ0n) is 37.4. The van der Waals surface area contributed by atoms with Gasteiger partial charge in [0.1, 0.15) is 11.5 Å². The summed E-state index contributed by atoms with van der Waals surface area (Å²) in [5.74, 6) is 1.60. The second-order valence-corrected chi connectivity index (χ2v) is 16.5. The molecule has 0 N–H and O–H groups in total. The Bertz CT molecular complexity index is 3210. The van der Waals surface area contributed by atoms with Gasteiger partial charge in [-0.2, -0.15) is 0 Å². The monoisotopic (exact) mass is 873 g/mol. The molecule has 0 fully saturated rings. The number of nitrogens with zero attached hydrogens (tertiary/aromatic N) is 3. The average molecular weight is 874 g/mol. The largest absolute Gasteiger partial charge is 0.455 e. The molecule has 0 bridgehead atoms. The fourth-order valence-corrected chi connectivity index (χ4v) is 9.10. The van der Waals surface area contributed by atoms with E-state index in [9.17, 15) is 0 Å². The van der Waals surface area contributed by atoms with E-state index in [1.165, 1.54) is 0 Å². The number of anilines is 9. The highest BCUT2D eigenvalue weighted by atomic mass is 16.3. The molecule has 0 aliphatic heterocycles. The van der Waals surface area contributed by atoms with Crippen LogP contribution in [0.3, 0.4) is 0 Å². The molecule has 0 aliphatic carbocycles. The van der Waals surface area contributed by atoms with Gasteiger partial charge < -0.3 is 19.1 Å². The molecule has 0 atom stereocenters. The summed E-state index contributed by atoms with van der Waals surface area (Å²) in [6, 6.07) is 100. The molecule has 68 heavy (non-hydrogen) atoms. The van der Waals surface area contributed by atoms with E-state index in [-0.39, 0.29) is 0 Å². The highest BCUT2D eigenvalue weighted by Gasteiger charge is 2.26. The smallest absolute Gasteiger partial charge is 0.143 e. The number of benzene rings is 10. The fourth-order valence-electron chi connectivity index (χ4n) is 9.10. The summed E-state index contributed by atoms with van der Waals surface area (Å²) in [7, 11) is 0. The maximum Gasteiger partial charge on any atom is 0.143 e. The van der Waals surface area contributed by atoms with Gasteiger partial charge in [-0.15, -0.1) is 0 Å². The average Bonchev–Trinajstić information content (AvgIpc) is 3.82. The van der Waals surface area contributed by atoms with Gasteiger partial charge in [0.2, 0.25) is 0 Å². The van der Waals surface area contributed by atoms with E-state index >= 15 is 0 Å². The van der Waals surface area contributed by atoms with E-state index < -0.39 is 0 Å². The van der Waals surface area contributed by atoms with Crippen LogP contribution in [-0.4, -0.2) is 0 Å². The Hall–Kier alpha value is -9.12. The first-order chi connectivity index (χ1) is 33.8. The molecule has 1 heterocycles. The van der Waals surface area contributed by atoms with Crippen molar-refractivity contribution in [3.63, 3.8) is 0 Å². The zero-order chi connectivity index (χ0) is 45.5. The minimum atomic E-state index is 0.798. The molecular weight excluding hydrogens is 827 g/mol. The first-order valence-electron chi connectivity index (χ1n) is 23.0. The second-order valence-electron chi connectivity index (χ2n) is 16.5. The first-order valence-corrected chi connectivity index (χ1v) is 23.0. The highest BCUT2D eigenvalue weighted by Crippen LogP contribution is 2.50. The predicted molar refractivity (Wildman–Crippen MR) is 285 cm³/mol. The lowest BCUT2D eigenvalue weighted by atomic mass is 9.91. The van der Waals surface area contributed by atoms with Gasteiger partial charge in [0.25, 0.3) is 0 Å². The summed E-state index contributed by atoms with van der Waals surface area (Å²) in [4.78, 5) is 6.86. The molecule has 11 rings (SSSR count). The van der Waals surface area contributed by atoms with Crippen LogP contribution in [0, 0.1) is 0 Å². The zero-order valence-corrected chi connectivity index (χ0v) is 37.4. The third-order valence-electron chi connectivity index (χ3n) is 12.2. The Morgan fingerprint density at radius 1 is 0.176 bits per heavy atom. The Morgan fingerprint density at radius 3 is 0.618 bits per heavy atom. The summed E-state index contributed by atoms with van der Waals surface area (Å²) in [6.45, 7) is 0. The number of hydrogen-bond acceptors (Lipinski definition) is 4. The quantitative estimate of drug-likeness (QED) is 0.115. The minimum absolute atomic E-state index is 0.798. The van der Waals surface area contributed by atoms with Crippen molar-refractivity contribution in [2.24, 2.45) is 0 Å². The predicted octanol–water partition coefficient (Wildman–Crippen LogP) is 18.4. The molecule has 4 heteroatoms. The van der Waals surface area contributed by atoms with E-state index in [4.69, 9.17) is 4.42 Å². The molecule has 324 valence electrons. The molecule has 11 aromatic rings. The number of para-hydroxylation sites is 6. The first kappa shape index (κ1) is 41.6. The summed E-state index contributed by atoms with van der Waals surface area (Å²) >= 11 is 0. The Morgan fingerprint density at radius 2 is 0.368 bits per heavy atom. The van der Waals surface area contributed by atoms with Crippen LogP contribution in [-0.2, 0) is 0 Å². The topological polar surface area (TPSA) is 22.9 Å². The van der Waals surface area contributed by atoms with Crippen molar-refractivity contribution in [2.45, 2.75) is 0 Å². The van der Waals surface area contributed by atoms with Crippen molar-refractivity contribution in [3.8, 4) is 44.9 Å². The van der Waals surface area contributed by atoms with Crippen LogP contribution in [0.4, 0.5) is 51.2 Å². The summed E-state index contributed by atoms with van der Waals surface area (Å²) in [5, 5.41) is 0. The van der Waals surface area contributed by atoms with E-state index in [1.54, 1.807) is 0 Å². The molecule has 0 saturated carbocycles. The third-order valence-corrected chi connectivity index (χ3v) is 12.2. The van der Waals surface area contributed by atoms with Gasteiger partial charge in [-0.3, -0.25) is 0 Å². The number of furan rings is 1. The van der Waals surface area contributed by atoms with E-state index in [0.29, 0.717) is 0 Å². The lowest BCUT2D eigenvalue weighted by molar-refractivity contribution is 0.599. The SMILES string of the molecule is c1ccc(-c2c(-c3ccc(N(c4ccccc4)c4ccccc4)cc3)oc(-c3ccc(N(c4ccccc4)c4ccccc4)cc3)c2-c2ccc(N(c3ccccc3)c3ccccc3)cc2)cc1. The molecule has 10 aromatic carbocycles. The van der Waals surface area contributed by atoms with Crippen LogP contribution in [0.2, 0.25) is 0 Å². The van der Waals surface area contributed by atoms with Crippen molar-refractivity contribution in [1.29, 1.82) is 0 Å². The maximum atomic E-state index is 7.34. The lowest BCUT2D eigenvalue weighted by Gasteiger charge is -2.25. The van der Waals surface area contributed by atoms with Gasteiger partial charge in [-0.05, 0) is 145 Å². The maximum absolute atomic E-state index is 7.34. The molecule has 0 unspecified atom stereocenters. The van der Waals surface area contributed by atoms with Gasteiger partial charge in [-0.1, -0.05) is 152 Å². The van der Waals surface area contributed by atoms with Crippen LogP contribution in [0.5, 0.6) is 0 Å². The molecule has 0 aliphatic rings. The van der Waals surface area contributed by atoms with E-state index in [0.717, 1.165) is 96.1 Å². The molecular formula is C64H47N3O. The van der Waals surface area contributed by atoms with Crippen LogP contribution >= 0.6 is 0 Å². The fraction of sp³-hybridized carbons (Fsp3) is 0. The Balaban J connectivity index is 1.08. The Labute approximate surface area is 398 Å². The van der Waals surface area contributed by atoms with Gasteiger partial charge in [-0.25, -0.2) is 0 Å². The standard InChI is InChI=1S/C64H47N3O/c1-8-22-48(23-9-1)61-62(49-36-42-58(43-37-49)65(52-24-10-2-11-25-52)53-26-12-3-13-27-53)64(51-40-46-60(47-41-51)67(56-32-18-6-19-33-56)57-34-20-7-21-35-57)68-63(61)50-38-44-59(45-39-50)66(54-28-14-4-15-29-54)55-30-16-5-17-31-55/h1-47H. The normalized spacial score (nSPS) is 10.9. The van der Waals surface area contributed by atoms with Gasteiger partial charge >= 0.3 is 0 Å². The van der Waals surface area contributed by atoms with Crippen molar-refractivity contribution in [2.75, 3.05) is 14.7 Å². The highest BCUT2D eigenvalue weighted by molar-refractivity contribution is 6.00. The summed E-state index contributed by atoms with van der Waals surface area (Å²) < 4.78 is 7.34. The van der Waals surface area contributed by atoms with Crippen LogP contribution in [0.1, 0.15) is 0 Å². The van der Waals surface area contributed by atoms with Crippen LogP contribution in [0.15, 0.2) is 290 Å². The van der Waals surface area contributed by atoms with E-state index in [2.05, 4.69) is 300 Å². The summed E-state index contributed by atoms with van der Waals surface area (Å²) in [6.07, 6.45) is 0. The Kier molecular flexibility index (Phi) is 11.7. The van der Waals surface area contributed by atoms with Gasteiger partial charge in [0, 0.05) is 73.4 Å². The van der Waals surface area contributed by atoms with Gasteiger partial charge in [0.15, 0.2) is 0 Å². The third kappa shape index (κ3) is 8.46. The van der Waals surface area contributed by atoms with Gasteiger partial charge in [0.05, 0.1) is 0 Å². The van der Waals surface area contributed by atoms with Crippen LogP contribution in [0.25, 0.3) is 44.9 Å². The molecule has 0 amide bonds. The minimum Gasteiger partial charge on any atom is -0.455 e. The molecule has 0 saturated heterocycles. The summed E-state index contributed by atoms with van der Waals surface area (Å²) in [5.41, 5.74) is 15.8. The molecule has 1 aromatic heterocycles. The van der Waals surface area contributed by atoms with Crippen molar-refractivity contribution in [3.05, 3.63) is 285 Å². The second kappa shape index (κ2) is 19.2. The number of hydrogen-bond donors (Lipinski definition) is 0. The van der Waals surface area contributed by atoms with E-state index in [1.807, 2.05) is 0 Å². The molecule has 0 spiro atoms. The number of rotatable bonds is 13. The molecule has 4 nitrogen and oxygen atoms in total. The van der Waals surface area contributed by atoms with Crippen molar-refractivity contribution < 1.29 is 4.42 Å².